The van der Waals surface area contributed by atoms with Gasteiger partial charge in [0, 0.05) is 23.3 Å². The van der Waals surface area contributed by atoms with Gasteiger partial charge >= 0.3 is 0 Å². The molecule has 0 aliphatic heterocycles. The fraction of sp³-hybridized carbons (Fsp3) is 0.118. The molecule has 1 N–H and O–H groups in total. The smallest absolute Gasteiger partial charge is 0.275 e. The first kappa shape index (κ1) is 15.6. The summed E-state index contributed by atoms with van der Waals surface area (Å²) in [5.41, 5.74) is 3.92. The maximum absolute atomic E-state index is 12.4. The molecule has 0 unspecified atom stereocenters. The molecular formula is C17H14ClN3OS. The van der Waals surface area contributed by atoms with E-state index in [0.717, 1.165) is 21.7 Å². The number of hydrogen-bond acceptors (Lipinski definition) is 4. The lowest BCUT2D eigenvalue weighted by molar-refractivity contribution is 0.102. The number of aromatic nitrogens is 2. The summed E-state index contributed by atoms with van der Waals surface area (Å²) in [6.07, 6.45) is 3.40. The van der Waals surface area contributed by atoms with Crippen LogP contribution in [-0.2, 0) is 0 Å². The molecule has 2 heterocycles. The minimum atomic E-state index is -0.268. The van der Waals surface area contributed by atoms with Crippen molar-refractivity contribution in [3.63, 3.8) is 0 Å². The number of halogens is 1. The topological polar surface area (TPSA) is 54.9 Å². The molecule has 0 radical (unpaired) electrons. The Bertz CT molecular complexity index is 838. The number of pyridine rings is 1. The summed E-state index contributed by atoms with van der Waals surface area (Å²) < 4.78 is 0. The highest BCUT2D eigenvalue weighted by Gasteiger charge is 2.15. The molecule has 3 rings (SSSR count). The summed E-state index contributed by atoms with van der Waals surface area (Å²) in [5, 5.41) is 5.90. The molecule has 1 amide bonds. The summed E-state index contributed by atoms with van der Waals surface area (Å²) in [5.74, 6) is -0.268. The number of thiazole rings is 1. The second-order valence-electron chi connectivity index (χ2n) is 5.17. The lowest BCUT2D eigenvalue weighted by Gasteiger charge is -2.10. The zero-order chi connectivity index (χ0) is 16.4. The van der Waals surface area contributed by atoms with Crippen LogP contribution in [0.3, 0.4) is 0 Å². The quantitative estimate of drug-likeness (QED) is 0.748. The van der Waals surface area contributed by atoms with E-state index in [9.17, 15) is 4.79 Å². The molecule has 6 heteroatoms. The molecule has 4 nitrogen and oxygen atoms in total. The van der Waals surface area contributed by atoms with Crippen LogP contribution >= 0.6 is 22.9 Å². The monoisotopic (exact) mass is 343 g/mol. The van der Waals surface area contributed by atoms with Gasteiger partial charge in [0.25, 0.3) is 5.91 Å². The Morgan fingerprint density at radius 1 is 1.22 bits per heavy atom. The number of benzene rings is 1. The van der Waals surface area contributed by atoms with Gasteiger partial charge in [-0.05, 0) is 43.2 Å². The number of nitrogens with one attached hydrogen (secondary N) is 1. The molecule has 0 bridgehead atoms. The van der Waals surface area contributed by atoms with Gasteiger partial charge in [0.05, 0.1) is 10.7 Å². The number of hydrogen-bond donors (Lipinski definition) is 1. The van der Waals surface area contributed by atoms with Gasteiger partial charge in [-0.15, -0.1) is 11.3 Å². The second-order valence-corrected chi connectivity index (χ2v) is 6.43. The van der Waals surface area contributed by atoms with E-state index in [2.05, 4.69) is 15.3 Å². The van der Waals surface area contributed by atoms with E-state index in [4.69, 9.17) is 11.6 Å². The van der Waals surface area contributed by atoms with Crippen LogP contribution in [0.2, 0.25) is 5.02 Å². The van der Waals surface area contributed by atoms with Gasteiger partial charge in [-0.1, -0.05) is 17.7 Å². The summed E-state index contributed by atoms with van der Waals surface area (Å²) in [6.45, 7) is 3.88. The fourth-order valence-corrected chi connectivity index (χ4v) is 3.43. The Morgan fingerprint density at radius 3 is 2.65 bits per heavy atom. The summed E-state index contributed by atoms with van der Waals surface area (Å²) >= 11 is 7.65. The molecule has 0 fully saturated rings. The first-order valence-electron chi connectivity index (χ1n) is 6.98. The van der Waals surface area contributed by atoms with E-state index in [1.54, 1.807) is 17.8 Å². The summed E-state index contributed by atoms with van der Waals surface area (Å²) in [6, 6.07) is 7.53. The Morgan fingerprint density at radius 2 is 1.96 bits per heavy atom. The molecule has 1 aromatic carbocycles. The van der Waals surface area contributed by atoms with Crippen molar-refractivity contribution in [2.24, 2.45) is 0 Å². The van der Waals surface area contributed by atoms with Crippen molar-refractivity contribution in [1.29, 1.82) is 0 Å². The van der Waals surface area contributed by atoms with Crippen LogP contribution in [0.1, 0.15) is 21.6 Å². The van der Waals surface area contributed by atoms with Gasteiger partial charge in [0.1, 0.15) is 10.7 Å². The van der Waals surface area contributed by atoms with E-state index in [0.29, 0.717) is 16.4 Å². The first-order chi connectivity index (χ1) is 11.0. The molecular weight excluding hydrogens is 330 g/mol. The predicted molar refractivity (Wildman–Crippen MR) is 94.2 cm³/mol. The number of carbonyl (C=O) groups excluding carboxylic acids is 1. The van der Waals surface area contributed by atoms with Crippen LogP contribution in [-0.4, -0.2) is 15.9 Å². The maximum atomic E-state index is 12.4. The van der Waals surface area contributed by atoms with Crippen molar-refractivity contribution in [1.82, 2.24) is 9.97 Å². The van der Waals surface area contributed by atoms with Gasteiger partial charge < -0.3 is 5.32 Å². The third-order valence-electron chi connectivity index (χ3n) is 3.33. The Hall–Kier alpha value is -2.24. The number of aryl methyl sites for hydroxylation is 2. The van der Waals surface area contributed by atoms with Gasteiger partial charge in [0.2, 0.25) is 0 Å². The van der Waals surface area contributed by atoms with Gasteiger partial charge in [-0.25, -0.2) is 4.98 Å². The average molecular weight is 344 g/mol. The molecule has 2 aromatic heterocycles. The number of anilines is 1. The number of carbonyl (C=O) groups is 1. The van der Waals surface area contributed by atoms with Crippen molar-refractivity contribution in [2.75, 3.05) is 5.32 Å². The van der Waals surface area contributed by atoms with Gasteiger partial charge in [-0.2, -0.15) is 0 Å². The van der Waals surface area contributed by atoms with Crippen LogP contribution in [0.25, 0.3) is 10.6 Å². The van der Waals surface area contributed by atoms with Crippen LogP contribution < -0.4 is 5.32 Å². The SMILES string of the molecule is Cc1cc(C)c(NC(=O)c2csc(-c3ccncc3)n2)c(Cl)c1. The molecule has 3 aromatic rings. The Labute approximate surface area is 143 Å². The van der Waals surface area contributed by atoms with E-state index in [1.807, 2.05) is 38.1 Å². The predicted octanol–water partition coefficient (Wildman–Crippen LogP) is 4.73. The van der Waals surface area contributed by atoms with Crippen molar-refractivity contribution in [2.45, 2.75) is 13.8 Å². The molecule has 0 spiro atoms. The zero-order valence-electron chi connectivity index (χ0n) is 12.6. The average Bonchev–Trinajstić information content (AvgIpc) is 3.01. The number of nitrogens with zero attached hydrogens (tertiary/aromatic N) is 2. The molecule has 0 saturated carbocycles. The zero-order valence-corrected chi connectivity index (χ0v) is 14.2. The molecule has 0 atom stereocenters. The van der Waals surface area contributed by atoms with Gasteiger partial charge in [0.15, 0.2) is 0 Å². The van der Waals surface area contributed by atoms with E-state index >= 15 is 0 Å². The molecule has 23 heavy (non-hydrogen) atoms. The number of rotatable bonds is 3. The highest BCUT2D eigenvalue weighted by Crippen LogP contribution is 2.28. The van der Waals surface area contributed by atoms with E-state index in [-0.39, 0.29) is 5.91 Å². The van der Waals surface area contributed by atoms with Crippen LogP contribution in [0.4, 0.5) is 5.69 Å². The Kier molecular flexibility index (Phi) is 4.41. The lowest BCUT2D eigenvalue weighted by atomic mass is 10.1. The normalized spacial score (nSPS) is 10.6. The molecule has 116 valence electrons. The number of amides is 1. The molecule has 0 aliphatic carbocycles. The van der Waals surface area contributed by atoms with E-state index < -0.39 is 0 Å². The van der Waals surface area contributed by atoms with Crippen LogP contribution in [0.5, 0.6) is 0 Å². The summed E-state index contributed by atoms with van der Waals surface area (Å²) in [7, 11) is 0. The first-order valence-corrected chi connectivity index (χ1v) is 8.24. The Balaban J connectivity index is 1.84. The standard InChI is InChI=1S/C17H14ClN3OS/c1-10-7-11(2)15(13(18)8-10)21-16(22)14-9-23-17(20-14)12-3-5-19-6-4-12/h3-9H,1-2H3,(H,21,22). The van der Waals surface area contributed by atoms with Crippen molar-refractivity contribution in [3.8, 4) is 10.6 Å². The largest absolute Gasteiger partial charge is 0.319 e. The minimum Gasteiger partial charge on any atom is -0.319 e. The highest BCUT2D eigenvalue weighted by atomic mass is 35.5. The third kappa shape index (κ3) is 3.41. The summed E-state index contributed by atoms with van der Waals surface area (Å²) in [4.78, 5) is 20.8. The van der Waals surface area contributed by atoms with Crippen molar-refractivity contribution < 1.29 is 4.79 Å². The fourth-order valence-electron chi connectivity index (χ4n) is 2.26. The lowest BCUT2D eigenvalue weighted by Crippen LogP contribution is -2.13. The second kappa shape index (κ2) is 6.48. The highest BCUT2D eigenvalue weighted by molar-refractivity contribution is 7.13. The van der Waals surface area contributed by atoms with Crippen LogP contribution in [0.15, 0.2) is 42.0 Å². The molecule has 0 saturated heterocycles. The minimum absolute atomic E-state index is 0.268. The molecule has 0 aliphatic rings. The van der Waals surface area contributed by atoms with Gasteiger partial charge in [-0.3, -0.25) is 9.78 Å². The van der Waals surface area contributed by atoms with Crippen molar-refractivity contribution >= 4 is 34.5 Å². The van der Waals surface area contributed by atoms with Crippen molar-refractivity contribution in [3.05, 3.63) is 63.9 Å². The van der Waals surface area contributed by atoms with Crippen LogP contribution in [0, 0.1) is 13.8 Å². The van der Waals surface area contributed by atoms with E-state index in [1.165, 1.54) is 11.3 Å². The third-order valence-corrected chi connectivity index (χ3v) is 4.52. The maximum Gasteiger partial charge on any atom is 0.275 e.